The quantitative estimate of drug-likeness (QED) is 0.0233. The van der Waals surface area contributed by atoms with E-state index in [9.17, 15) is 43.5 Å². The summed E-state index contributed by atoms with van der Waals surface area (Å²) in [5, 5.41) is 20.9. The maximum Gasteiger partial charge on any atom is 0.481 e. The van der Waals surface area contributed by atoms with Crippen molar-refractivity contribution in [2.75, 3.05) is 25.6 Å². The van der Waals surface area contributed by atoms with E-state index in [4.69, 9.17) is 29.0 Å². The first kappa shape index (κ1) is 59.9. The minimum absolute atomic E-state index is 0.0549. The number of nitrogen functional groups attached to an aromatic ring is 1. The van der Waals surface area contributed by atoms with Gasteiger partial charge in [0.2, 0.25) is 0 Å². The third-order valence-electron chi connectivity index (χ3n) is 11.5. The summed E-state index contributed by atoms with van der Waals surface area (Å²) < 4.78 is 56.7. The third-order valence-corrected chi connectivity index (χ3v) is 14.1. The van der Waals surface area contributed by atoms with Gasteiger partial charge in [0.05, 0.1) is 13.2 Å². The second-order valence-electron chi connectivity index (χ2n) is 18.6. The van der Waals surface area contributed by atoms with Gasteiger partial charge in [-0.2, -0.15) is 9.29 Å². The number of nitrogens with two attached hydrogens (primary N) is 1. The second kappa shape index (κ2) is 34.1. The summed E-state index contributed by atoms with van der Waals surface area (Å²) in [7, 11) is -10.8. The van der Waals surface area contributed by atoms with Crippen LogP contribution in [0.25, 0.3) is 0 Å². The topological polar surface area (TPSA) is 265 Å². The molecule has 0 spiro atoms. The summed E-state index contributed by atoms with van der Waals surface area (Å²) in [6.45, 7) is 6.75. The molecule has 6 N–H and O–H groups in total. The Morgan fingerprint density at radius 3 is 1.59 bits per heavy atom. The standard InChI is InChI=1S/C46H85N3O15P2/c1-36(2)27-23-19-15-11-8-6-5-7-9-13-17-21-25-29-41(50)59-33-38(62-42(51)30-26-22-18-14-10-12-16-20-24-28-37(3)4)34-60-65(55,56)64-66(57,58)61-35-39-43(52)44(53)45(63-39)49-32-31-40(47)48-46(49)54/h31-32,36-39,43-45,52-53H,5-30,33-35H2,1-4H3,(H,55,56)(H,57,58)(H2,47,48,54)/t38-,39-,43+,44?,45-/m1/s1. The van der Waals surface area contributed by atoms with Crippen molar-refractivity contribution in [3.05, 3.63) is 22.7 Å². The number of rotatable bonds is 40. The Morgan fingerprint density at radius 1 is 0.682 bits per heavy atom. The van der Waals surface area contributed by atoms with Crippen LogP contribution < -0.4 is 11.4 Å². The van der Waals surface area contributed by atoms with Gasteiger partial charge in [-0.05, 0) is 30.7 Å². The van der Waals surface area contributed by atoms with E-state index in [1.54, 1.807) is 0 Å². The lowest BCUT2D eigenvalue weighted by Crippen LogP contribution is -2.36. The van der Waals surface area contributed by atoms with E-state index in [0.717, 1.165) is 67.8 Å². The summed E-state index contributed by atoms with van der Waals surface area (Å²) in [5.41, 5.74) is 4.59. The maximum atomic E-state index is 12.8. The first-order chi connectivity index (χ1) is 31.4. The van der Waals surface area contributed by atoms with Crippen LogP contribution in [-0.2, 0) is 46.3 Å². The molecule has 1 aliphatic rings. The molecule has 1 aromatic rings. The van der Waals surface area contributed by atoms with Crippen LogP contribution in [0.3, 0.4) is 0 Å². The lowest BCUT2D eigenvalue weighted by atomic mass is 10.0. The highest BCUT2D eigenvalue weighted by atomic mass is 31.3. The first-order valence-electron chi connectivity index (χ1n) is 24.8. The molecule has 2 rings (SSSR count). The summed E-state index contributed by atoms with van der Waals surface area (Å²) in [5.74, 6) is 0.239. The van der Waals surface area contributed by atoms with Crippen molar-refractivity contribution in [1.29, 1.82) is 0 Å². The highest BCUT2D eigenvalue weighted by Gasteiger charge is 2.46. The van der Waals surface area contributed by atoms with Crippen LogP contribution in [0.4, 0.5) is 5.82 Å². The zero-order chi connectivity index (χ0) is 48.8. The van der Waals surface area contributed by atoms with Gasteiger partial charge >= 0.3 is 33.3 Å². The number of carbonyl (C=O) groups excluding carboxylic acids is 2. The predicted octanol–water partition coefficient (Wildman–Crippen LogP) is 9.60. The SMILES string of the molecule is CC(C)CCCCCCCCCCCCCCCC(=O)OC[C@H](COP(=O)(O)OP(=O)(O)OC[C@H]1O[C@@H](n2ccc(N)nc2=O)C(O)[C@H]1O)OC(=O)CCCCCCCCCCCC(C)C. The van der Waals surface area contributed by atoms with Crippen LogP contribution in [0.15, 0.2) is 17.1 Å². The Balaban J connectivity index is 1.79. The predicted molar refractivity (Wildman–Crippen MR) is 252 cm³/mol. The van der Waals surface area contributed by atoms with Gasteiger partial charge in [-0.25, -0.2) is 13.9 Å². The number of phosphoric ester groups is 2. The smallest absolute Gasteiger partial charge is 0.462 e. The highest BCUT2D eigenvalue weighted by Crippen LogP contribution is 2.60. The summed E-state index contributed by atoms with van der Waals surface area (Å²) in [4.78, 5) is 61.8. The van der Waals surface area contributed by atoms with Gasteiger partial charge in [0, 0.05) is 19.0 Å². The third kappa shape index (κ3) is 28.3. The lowest BCUT2D eigenvalue weighted by Gasteiger charge is -2.21. The van der Waals surface area contributed by atoms with Crippen LogP contribution in [0.1, 0.15) is 201 Å². The van der Waals surface area contributed by atoms with E-state index < -0.39 is 83.7 Å². The van der Waals surface area contributed by atoms with E-state index in [-0.39, 0.29) is 18.7 Å². The Kier molecular flexibility index (Phi) is 31.0. The number of phosphoric acid groups is 2. The number of anilines is 1. The molecule has 0 bridgehead atoms. The van der Waals surface area contributed by atoms with E-state index in [1.165, 1.54) is 102 Å². The van der Waals surface area contributed by atoms with E-state index in [2.05, 4.69) is 37.0 Å². The van der Waals surface area contributed by atoms with Crippen molar-refractivity contribution in [3.8, 4) is 0 Å². The molecule has 1 aromatic heterocycles. The molecule has 3 unspecified atom stereocenters. The molecule has 1 fully saturated rings. The fourth-order valence-corrected chi connectivity index (χ4v) is 9.79. The Bertz CT molecular complexity index is 1630. The van der Waals surface area contributed by atoms with Gasteiger partial charge in [0.1, 0.15) is 30.7 Å². The Hall–Kier alpha value is -2.24. The molecule has 0 radical (unpaired) electrons. The van der Waals surface area contributed by atoms with Crippen LogP contribution in [0, 0.1) is 11.8 Å². The Labute approximate surface area is 393 Å². The van der Waals surface area contributed by atoms with Gasteiger partial charge < -0.3 is 39.9 Å². The summed E-state index contributed by atoms with van der Waals surface area (Å²) in [6.07, 6.45) is 20.7. The molecule has 18 nitrogen and oxygen atoms in total. The number of carbonyl (C=O) groups is 2. The average molecular weight is 982 g/mol. The molecule has 0 aromatic carbocycles. The molecular weight excluding hydrogens is 896 g/mol. The molecule has 0 aliphatic carbocycles. The largest absolute Gasteiger partial charge is 0.481 e. The number of aliphatic hydroxyl groups excluding tert-OH is 2. The van der Waals surface area contributed by atoms with Gasteiger partial charge in [0.25, 0.3) is 0 Å². The number of unbranched alkanes of at least 4 members (excludes halogenated alkanes) is 20. The molecular formula is C46H85N3O15P2. The van der Waals surface area contributed by atoms with Crippen molar-refractivity contribution in [3.63, 3.8) is 0 Å². The number of aromatic nitrogens is 2. The number of aliphatic hydroxyl groups is 2. The molecule has 2 heterocycles. The molecule has 1 saturated heterocycles. The van der Waals surface area contributed by atoms with Crippen molar-refractivity contribution < 1.29 is 66.3 Å². The average Bonchev–Trinajstić information content (AvgIpc) is 3.52. The highest BCUT2D eigenvalue weighted by molar-refractivity contribution is 7.61. The number of ether oxygens (including phenoxy) is 3. The molecule has 0 saturated carbocycles. The number of hydrogen-bond acceptors (Lipinski definition) is 15. The molecule has 1 aliphatic heterocycles. The number of nitrogens with zero attached hydrogens (tertiary/aromatic N) is 2. The maximum absolute atomic E-state index is 12.8. The van der Waals surface area contributed by atoms with E-state index >= 15 is 0 Å². The lowest BCUT2D eigenvalue weighted by molar-refractivity contribution is -0.161. The molecule has 0 amide bonds. The summed E-state index contributed by atoms with van der Waals surface area (Å²) >= 11 is 0. The van der Waals surface area contributed by atoms with Gasteiger partial charge in [0.15, 0.2) is 12.3 Å². The van der Waals surface area contributed by atoms with Crippen molar-refractivity contribution in [1.82, 2.24) is 9.55 Å². The second-order valence-corrected chi connectivity index (χ2v) is 21.7. The molecule has 66 heavy (non-hydrogen) atoms. The monoisotopic (exact) mass is 982 g/mol. The van der Waals surface area contributed by atoms with Crippen LogP contribution in [0.5, 0.6) is 0 Å². The van der Waals surface area contributed by atoms with Crippen LogP contribution in [-0.4, -0.2) is 85.7 Å². The number of hydrogen-bond donors (Lipinski definition) is 5. The van der Waals surface area contributed by atoms with Gasteiger partial charge in [-0.3, -0.25) is 23.2 Å². The number of esters is 2. The fourth-order valence-electron chi connectivity index (χ4n) is 7.68. The van der Waals surface area contributed by atoms with Crippen molar-refractivity contribution in [2.45, 2.75) is 225 Å². The van der Waals surface area contributed by atoms with Crippen molar-refractivity contribution >= 4 is 33.4 Å². The van der Waals surface area contributed by atoms with Gasteiger partial charge in [-0.15, -0.1) is 0 Å². The summed E-state index contributed by atoms with van der Waals surface area (Å²) in [6, 6.07) is 1.25. The normalized spacial score (nSPS) is 19.8. The first-order valence-corrected chi connectivity index (χ1v) is 27.8. The zero-order valence-electron chi connectivity index (χ0n) is 40.3. The van der Waals surface area contributed by atoms with Crippen LogP contribution >= 0.6 is 15.6 Å². The Morgan fingerprint density at radius 2 is 1.12 bits per heavy atom. The van der Waals surface area contributed by atoms with Crippen LogP contribution in [0.2, 0.25) is 0 Å². The van der Waals surface area contributed by atoms with E-state index in [0.29, 0.717) is 12.8 Å². The molecule has 20 heteroatoms. The van der Waals surface area contributed by atoms with Gasteiger partial charge in [-0.1, -0.05) is 169 Å². The van der Waals surface area contributed by atoms with Crippen molar-refractivity contribution in [2.24, 2.45) is 11.8 Å². The zero-order valence-corrected chi connectivity index (χ0v) is 42.1. The minimum Gasteiger partial charge on any atom is -0.462 e. The van der Waals surface area contributed by atoms with E-state index in [1.807, 2.05) is 0 Å². The molecule has 7 atom stereocenters. The molecule has 384 valence electrons. The fraction of sp³-hybridized carbons (Fsp3) is 0.870. The minimum atomic E-state index is -5.42.